The van der Waals surface area contributed by atoms with Gasteiger partial charge in [-0.3, -0.25) is 4.90 Å². The van der Waals surface area contributed by atoms with Gasteiger partial charge in [-0.15, -0.1) is 10.2 Å². The molecule has 0 N–H and O–H groups in total. The van der Waals surface area contributed by atoms with Crippen molar-refractivity contribution in [1.29, 1.82) is 0 Å². The van der Waals surface area contributed by atoms with Crippen LogP contribution in [0.15, 0.2) is 12.1 Å². The van der Waals surface area contributed by atoms with Gasteiger partial charge in [0.05, 0.1) is 18.7 Å². The maximum Gasteiger partial charge on any atom is 0.151 e. The van der Waals surface area contributed by atoms with Crippen LogP contribution in [0, 0.1) is 5.92 Å². The molecule has 2 aromatic rings. The van der Waals surface area contributed by atoms with Crippen LogP contribution in [0.5, 0.6) is 0 Å². The molecule has 1 aliphatic heterocycles. The Morgan fingerprint density at radius 2 is 1.83 bits per heavy atom. The van der Waals surface area contributed by atoms with Crippen LogP contribution in [0.3, 0.4) is 0 Å². The van der Waals surface area contributed by atoms with Crippen LogP contribution >= 0.6 is 0 Å². The zero-order valence-corrected chi connectivity index (χ0v) is 13.8. The lowest BCUT2D eigenvalue weighted by atomic mass is 10.1. The van der Waals surface area contributed by atoms with Crippen LogP contribution in [0.2, 0.25) is 0 Å². The molecule has 5 heteroatoms. The van der Waals surface area contributed by atoms with Gasteiger partial charge in [0.15, 0.2) is 5.82 Å². The molecule has 1 fully saturated rings. The summed E-state index contributed by atoms with van der Waals surface area (Å²) in [6.45, 7) is 7.20. The average molecular weight is 312 g/mol. The fourth-order valence-electron chi connectivity index (χ4n) is 3.70. The zero-order chi connectivity index (χ0) is 15.6. The summed E-state index contributed by atoms with van der Waals surface area (Å²) in [6, 6.07) is 4.42. The first-order valence-corrected chi connectivity index (χ1v) is 8.73. The molecule has 1 unspecified atom stereocenters. The van der Waals surface area contributed by atoms with E-state index in [0.29, 0.717) is 0 Å². The number of rotatable bonds is 4. The first kappa shape index (κ1) is 15.0. The van der Waals surface area contributed by atoms with E-state index in [0.717, 1.165) is 74.9 Å². The molecular weight excluding hydrogens is 288 g/mol. The molecule has 2 aliphatic rings. The van der Waals surface area contributed by atoms with Crippen molar-refractivity contribution in [1.82, 2.24) is 20.1 Å². The number of hydrogen-bond donors (Lipinski definition) is 0. The molecule has 122 valence electrons. The summed E-state index contributed by atoms with van der Waals surface area (Å²) in [4.78, 5) is 7.19. The van der Waals surface area contributed by atoms with Gasteiger partial charge in [0.2, 0.25) is 0 Å². The molecule has 5 nitrogen and oxygen atoms in total. The Labute approximate surface area is 137 Å². The van der Waals surface area contributed by atoms with Crippen LogP contribution in [0.1, 0.15) is 30.3 Å². The quantitative estimate of drug-likeness (QED) is 0.864. The van der Waals surface area contributed by atoms with Gasteiger partial charge in [-0.2, -0.15) is 0 Å². The molecule has 0 saturated carbocycles. The highest BCUT2D eigenvalue weighted by Gasteiger charge is 2.19. The molecule has 23 heavy (non-hydrogen) atoms. The molecule has 2 heterocycles. The van der Waals surface area contributed by atoms with Gasteiger partial charge < -0.3 is 4.74 Å². The van der Waals surface area contributed by atoms with Gasteiger partial charge in [0.1, 0.15) is 5.52 Å². The third-order valence-corrected chi connectivity index (χ3v) is 4.93. The third-order valence-electron chi connectivity index (χ3n) is 4.93. The molecule has 0 spiro atoms. The van der Waals surface area contributed by atoms with Crippen LogP contribution in [-0.2, 0) is 24.0 Å². The Morgan fingerprint density at radius 1 is 1.09 bits per heavy atom. The summed E-state index contributed by atoms with van der Waals surface area (Å²) >= 11 is 0. The first-order valence-electron chi connectivity index (χ1n) is 8.73. The predicted octanol–water partition coefficient (Wildman–Crippen LogP) is 2.02. The number of hydrogen-bond acceptors (Lipinski definition) is 5. The summed E-state index contributed by atoms with van der Waals surface area (Å²) in [7, 11) is 0. The number of aromatic nitrogens is 3. The Morgan fingerprint density at radius 3 is 2.61 bits per heavy atom. The van der Waals surface area contributed by atoms with E-state index in [1.54, 1.807) is 0 Å². The molecule has 4 rings (SSSR count). The molecular formula is C18H24N4O. The van der Waals surface area contributed by atoms with Crippen molar-refractivity contribution >= 4 is 11.0 Å². The van der Waals surface area contributed by atoms with Crippen molar-refractivity contribution in [2.75, 3.05) is 32.8 Å². The van der Waals surface area contributed by atoms with Crippen molar-refractivity contribution in [3.63, 3.8) is 0 Å². The summed E-state index contributed by atoms with van der Waals surface area (Å²) < 4.78 is 5.38. The zero-order valence-electron chi connectivity index (χ0n) is 13.8. The number of nitrogens with zero attached hydrogens (tertiary/aromatic N) is 4. The second-order valence-electron chi connectivity index (χ2n) is 6.91. The van der Waals surface area contributed by atoms with Crippen molar-refractivity contribution in [3.8, 4) is 0 Å². The van der Waals surface area contributed by atoms with E-state index >= 15 is 0 Å². The van der Waals surface area contributed by atoms with Gasteiger partial charge in [0.25, 0.3) is 0 Å². The third kappa shape index (κ3) is 3.35. The minimum atomic E-state index is 0.739. The second kappa shape index (κ2) is 6.49. The van der Waals surface area contributed by atoms with E-state index in [1.165, 1.54) is 17.5 Å². The number of ether oxygens (including phenoxy) is 1. The Hall–Kier alpha value is -1.59. The minimum Gasteiger partial charge on any atom is -0.379 e. The highest BCUT2D eigenvalue weighted by atomic mass is 16.5. The van der Waals surface area contributed by atoms with Crippen molar-refractivity contribution in [2.45, 2.75) is 32.6 Å². The summed E-state index contributed by atoms with van der Waals surface area (Å²) in [5.41, 5.74) is 4.83. The molecule has 0 radical (unpaired) electrons. The largest absolute Gasteiger partial charge is 0.379 e. The van der Waals surface area contributed by atoms with E-state index in [1.807, 2.05) is 0 Å². The van der Waals surface area contributed by atoms with Crippen molar-refractivity contribution in [2.24, 2.45) is 5.92 Å². The molecule has 1 saturated heterocycles. The first-order chi connectivity index (χ1) is 11.3. The minimum absolute atomic E-state index is 0.739. The lowest BCUT2D eigenvalue weighted by Gasteiger charge is -2.26. The number of aryl methyl sites for hydroxylation is 1. The topological polar surface area (TPSA) is 51.1 Å². The van der Waals surface area contributed by atoms with Crippen molar-refractivity contribution < 1.29 is 4.74 Å². The van der Waals surface area contributed by atoms with Crippen LogP contribution in [0.4, 0.5) is 0 Å². The van der Waals surface area contributed by atoms with Crippen LogP contribution in [0.25, 0.3) is 11.0 Å². The van der Waals surface area contributed by atoms with Gasteiger partial charge in [0, 0.05) is 19.5 Å². The fourth-order valence-corrected chi connectivity index (χ4v) is 3.70. The molecule has 0 bridgehead atoms. The summed E-state index contributed by atoms with van der Waals surface area (Å²) in [5, 5.41) is 8.73. The molecule has 1 aliphatic carbocycles. The monoisotopic (exact) mass is 312 g/mol. The maximum atomic E-state index is 5.38. The Bertz CT molecular complexity index is 697. The van der Waals surface area contributed by atoms with Gasteiger partial charge >= 0.3 is 0 Å². The molecule has 1 aromatic carbocycles. The van der Waals surface area contributed by atoms with E-state index in [-0.39, 0.29) is 0 Å². The van der Waals surface area contributed by atoms with Crippen LogP contribution in [-0.4, -0.2) is 52.9 Å². The highest BCUT2D eigenvalue weighted by Crippen LogP contribution is 2.29. The lowest BCUT2D eigenvalue weighted by molar-refractivity contribution is 0.0374. The van der Waals surface area contributed by atoms with E-state index in [2.05, 4.69) is 34.2 Å². The van der Waals surface area contributed by atoms with E-state index < -0.39 is 0 Å². The smallest absolute Gasteiger partial charge is 0.151 e. The normalized spacial score (nSPS) is 21.7. The number of fused-ring (bicyclic) bond motifs is 2. The predicted molar refractivity (Wildman–Crippen MR) is 89.5 cm³/mol. The molecule has 0 amide bonds. The second-order valence-corrected chi connectivity index (χ2v) is 6.91. The molecule has 1 aromatic heterocycles. The SMILES string of the molecule is CC1Cc2cc3nnc(CCCN4CCOCC4)nc3cc2C1. The van der Waals surface area contributed by atoms with Gasteiger partial charge in [-0.25, -0.2) is 4.98 Å². The number of morpholine rings is 1. The Balaban J connectivity index is 1.43. The lowest BCUT2D eigenvalue weighted by Crippen LogP contribution is -2.37. The standard InChI is InChI=1S/C18H24N4O/c1-13-9-14-11-16-17(12-15(14)10-13)20-21-18(19-16)3-2-4-22-5-7-23-8-6-22/h11-13H,2-10H2,1H3. The van der Waals surface area contributed by atoms with Gasteiger partial charge in [-0.1, -0.05) is 6.92 Å². The summed E-state index contributed by atoms with van der Waals surface area (Å²) in [6.07, 6.45) is 4.30. The van der Waals surface area contributed by atoms with E-state index in [4.69, 9.17) is 9.72 Å². The van der Waals surface area contributed by atoms with Crippen LogP contribution < -0.4 is 0 Å². The van der Waals surface area contributed by atoms with Gasteiger partial charge in [-0.05, 0) is 55.0 Å². The molecule has 1 atom stereocenters. The fraction of sp³-hybridized carbons (Fsp3) is 0.611. The maximum absolute atomic E-state index is 5.38. The van der Waals surface area contributed by atoms with Crippen molar-refractivity contribution in [3.05, 3.63) is 29.1 Å². The average Bonchev–Trinajstić information content (AvgIpc) is 2.92. The van der Waals surface area contributed by atoms with E-state index in [9.17, 15) is 0 Å². The Kier molecular flexibility index (Phi) is 4.23. The summed E-state index contributed by atoms with van der Waals surface area (Å²) in [5.74, 6) is 1.61. The highest BCUT2D eigenvalue weighted by molar-refractivity contribution is 5.76. The number of benzene rings is 1.